The van der Waals surface area contributed by atoms with Gasteiger partial charge >= 0.3 is 0 Å². The fourth-order valence-electron chi connectivity index (χ4n) is 2.19. The lowest BCUT2D eigenvalue weighted by Crippen LogP contribution is -2.47. The fourth-order valence-corrected chi connectivity index (χ4v) is 3.58. The minimum atomic E-state index is -3.54. The molecule has 0 amide bonds. The van der Waals surface area contributed by atoms with Crippen molar-refractivity contribution in [3.63, 3.8) is 0 Å². The maximum absolute atomic E-state index is 12.3. The summed E-state index contributed by atoms with van der Waals surface area (Å²) in [5, 5.41) is 9.75. The molecule has 0 radical (unpaired) electrons. The Balaban J connectivity index is 1.97. The van der Waals surface area contributed by atoms with E-state index in [2.05, 4.69) is 27.2 Å². The monoisotopic (exact) mass is 302 g/mol. The number of aromatic amines is 1. The highest BCUT2D eigenvalue weighted by atomic mass is 32.2. The molecule has 1 saturated carbocycles. The topological polar surface area (TPSA) is 96.1 Å². The molecule has 1 aromatic heterocycles. The number of aromatic nitrogens is 2. The summed E-state index contributed by atoms with van der Waals surface area (Å²) in [7, 11) is -1.90. The van der Waals surface area contributed by atoms with Gasteiger partial charge < -0.3 is 10.1 Å². The van der Waals surface area contributed by atoms with Gasteiger partial charge in [-0.25, -0.2) is 13.1 Å². The third-order valence-corrected chi connectivity index (χ3v) is 4.97. The van der Waals surface area contributed by atoms with Crippen molar-refractivity contribution in [2.45, 2.75) is 49.9 Å². The number of H-pyrrole nitrogens is 1. The summed E-state index contributed by atoms with van der Waals surface area (Å²) >= 11 is 0. The van der Waals surface area contributed by atoms with Crippen LogP contribution < -0.4 is 10.0 Å². The first kappa shape index (κ1) is 15.4. The van der Waals surface area contributed by atoms with Crippen molar-refractivity contribution in [2.75, 3.05) is 13.7 Å². The van der Waals surface area contributed by atoms with E-state index in [4.69, 9.17) is 4.74 Å². The predicted molar refractivity (Wildman–Crippen MR) is 74.7 cm³/mol. The van der Waals surface area contributed by atoms with Crippen LogP contribution in [0.5, 0.6) is 0 Å². The number of methoxy groups -OCH3 is 1. The van der Waals surface area contributed by atoms with Gasteiger partial charge in [-0.15, -0.1) is 0 Å². The van der Waals surface area contributed by atoms with Crippen molar-refractivity contribution in [1.29, 1.82) is 0 Å². The first-order valence-electron chi connectivity index (χ1n) is 6.85. The second-order valence-electron chi connectivity index (χ2n) is 5.05. The van der Waals surface area contributed by atoms with Gasteiger partial charge in [0, 0.05) is 25.3 Å². The molecule has 0 atom stereocenters. The molecule has 3 N–H and O–H groups in total. The Kier molecular flexibility index (Phi) is 5.14. The van der Waals surface area contributed by atoms with Crippen LogP contribution in [0.4, 0.5) is 0 Å². The third kappa shape index (κ3) is 3.57. The van der Waals surface area contributed by atoms with Crippen LogP contribution in [0, 0.1) is 0 Å². The molecule has 1 aliphatic rings. The van der Waals surface area contributed by atoms with Crippen LogP contribution in [0.2, 0.25) is 0 Å². The molecule has 0 bridgehead atoms. The second kappa shape index (κ2) is 6.66. The van der Waals surface area contributed by atoms with E-state index >= 15 is 0 Å². The molecule has 7 nitrogen and oxygen atoms in total. The Labute approximate surface area is 119 Å². The normalized spacial score (nSPS) is 22.7. The minimum absolute atomic E-state index is 0.0512. The van der Waals surface area contributed by atoms with Gasteiger partial charge in [-0.2, -0.15) is 5.10 Å². The first-order valence-corrected chi connectivity index (χ1v) is 8.33. The molecule has 1 heterocycles. The number of nitrogens with zero attached hydrogens (tertiary/aromatic N) is 1. The Morgan fingerprint density at radius 1 is 1.50 bits per heavy atom. The van der Waals surface area contributed by atoms with Gasteiger partial charge in [0.2, 0.25) is 0 Å². The Hall–Kier alpha value is -0.960. The van der Waals surface area contributed by atoms with Crippen molar-refractivity contribution in [2.24, 2.45) is 0 Å². The van der Waals surface area contributed by atoms with Gasteiger partial charge in [-0.1, -0.05) is 6.92 Å². The molecule has 0 aliphatic heterocycles. The van der Waals surface area contributed by atoms with Gasteiger partial charge in [0.15, 0.2) is 5.03 Å². The summed E-state index contributed by atoms with van der Waals surface area (Å²) in [4.78, 5) is 0. The Morgan fingerprint density at radius 2 is 2.25 bits per heavy atom. The highest BCUT2D eigenvalue weighted by Gasteiger charge is 2.33. The zero-order valence-corrected chi connectivity index (χ0v) is 12.7. The molecule has 20 heavy (non-hydrogen) atoms. The highest BCUT2D eigenvalue weighted by molar-refractivity contribution is 7.89. The molecule has 0 unspecified atom stereocenters. The summed E-state index contributed by atoms with van der Waals surface area (Å²) in [6, 6.07) is -0.0512. The number of sulfonamides is 1. The lowest BCUT2D eigenvalue weighted by Gasteiger charge is -2.34. The van der Waals surface area contributed by atoms with Crippen LogP contribution in [-0.2, 0) is 21.3 Å². The van der Waals surface area contributed by atoms with Gasteiger partial charge in [0.25, 0.3) is 10.0 Å². The SMILES string of the molecule is CCCNCc1cn[nH]c1S(=O)(=O)NC1CC(OC)C1. The summed E-state index contributed by atoms with van der Waals surface area (Å²) in [5.74, 6) is 0. The summed E-state index contributed by atoms with van der Waals surface area (Å²) in [6.45, 7) is 3.40. The minimum Gasteiger partial charge on any atom is -0.381 e. The van der Waals surface area contributed by atoms with Crippen LogP contribution in [0.3, 0.4) is 0 Å². The third-order valence-electron chi connectivity index (χ3n) is 3.44. The van der Waals surface area contributed by atoms with Crippen LogP contribution >= 0.6 is 0 Å². The van der Waals surface area contributed by atoms with Gasteiger partial charge in [-0.05, 0) is 25.8 Å². The van der Waals surface area contributed by atoms with Crippen LogP contribution in [0.1, 0.15) is 31.7 Å². The van der Waals surface area contributed by atoms with Crippen LogP contribution in [0.15, 0.2) is 11.2 Å². The van der Waals surface area contributed by atoms with Crippen molar-refractivity contribution in [3.8, 4) is 0 Å². The van der Waals surface area contributed by atoms with E-state index in [0.29, 0.717) is 24.9 Å². The number of ether oxygens (including phenoxy) is 1. The van der Waals surface area contributed by atoms with Crippen molar-refractivity contribution < 1.29 is 13.2 Å². The smallest absolute Gasteiger partial charge is 0.258 e. The molecule has 0 saturated heterocycles. The van der Waals surface area contributed by atoms with Gasteiger partial charge in [0.1, 0.15) is 0 Å². The van der Waals surface area contributed by atoms with E-state index in [1.807, 2.05) is 0 Å². The Bertz CT molecular complexity index is 523. The van der Waals surface area contributed by atoms with E-state index in [0.717, 1.165) is 13.0 Å². The van der Waals surface area contributed by atoms with E-state index in [1.165, 1.54) is 0 Å². The second-order valence-corrected chi connectivity index (χ2v) is 6.70. The quantitative estimate of drug-likeness (QED) is 0.603. The molecule has 1 aliphatic carbocycles. The summed E-state index contributed by atoms with van der Waals surface area (Å²) in [5.41, 5.74) is 0.661. The average Bonchev–Trinajstić information content (AvgIpc) is 2.83. The summed E-state index contributed by atoms with van der Waals surface area (Å²) < 4.78 is 32.4. The zero-order chi connectivity index (χ0) is 14.6. The fraction of sp³-hybridized carbons (Fsp3) is 0.750. The lowest BCUT2D eigenvalue weighted by atomic mass is 9.90. The first-order chi connectivity index (χ1) is 9.56. The molecular formula is C12H22N4O3S. The number of hydrogen-bond acceptors (Lipinski definition) is 5. The molecule has 0 spiro atoms. The van der Waals surface area contributed by atoms with E-state index in [1.54, 1.807) is 13.3 Å². The molecule has 8 heteroatoms. The zero-order valence-electron chi connectivity index (χ0n) is 11.8. The van der Waals surface area contributed by atoms with E-state index < -0.39 is 10.0 Å². The standard InChI is InChI=1S/C12H22N4O3S/c1-3-4-13-7-9-8-14-15-12(9)20(17,18)16-10-5-11(6-10)19-2/h8,10-11,13,16H,3-7H2,1-2H3,(H,14,15). The average molecular weight is 302 g/mol. The highest BCUT2D eigenvalue weighted by Crippen LogP contribution is 2.24. The number of rotatable bonds is 8. The van der Waals surface area contributed by atoms with Crippen LogP contribution in [-0.4, -0.2) is 44.4 Å². The van der Waals surface area contributed by atoms with Crippen LogP contribution in [0.25, 0.3) is 0 Å². The number of hydrogen-bond donors (Lipinski definition) is 3. The molecule has 2 rings (SSSR count). The molecular weight excluding hydrogens is 280 g/mol. The number of nitrogens with one attached hydrogen (secondary N) is 3. The summed E-state index contributed by atoms with van der Waals surface area (Å²) in [6.07, 6.45) is 4.14. The van der Waals surface area contributed by atoms with Gasteiger partial charge in [0.05, 0.1) is 12.3 Å². The largest absolute Gasteiger partial charge is 0.381 e. The lowest BCUT2D eigenvalue weighted by molar-refractivity contribution is 0.0236. The van der Waals surface area contributed by atoms with Gasteiger partial charge in [-0.3, -0.25) is 5.10 Å². The molecule has 0 aromatic carbocycles. The maximum Gasteiger partial charge on any atom is 0.258 e. The van der Waals surface area contributed by atoms with Crippen molar-refractivity contribution in [3.05, 3.63) is 11.8 Å². The molecule has 114 valence electrons. The van der Waals surface area contributed by atoms with Crippen molar-refractivity contribution in [1.82, 2.24) is 20.2 Å². The van der Waals surface area contributed by atoms with E-state index in [-0.39, 0.29) is 17.2 Å². The maximum atomic E-state index is 12.3. The molecule has 1 fully saturated rings. The van der Waals surface area contributed by atoms with E-state index in [9.17, 15) is 8.42 Å². The predicted octanol–water partition coefficient (Wildman–Crippen LogP) is 0.365. The van der Waals surface area contributed by atoms with Crippen molar-refractivity contribution >= 4 is 10.0 Å². The Morgan fingerprint density at radius 3 is 2.90 bits per heavy atom. The molecule has 1 aromatic rings.